The number of nitrogens with zero attached hydrogens (tertiary/aromatic N) is 1. The normalized spacial score (nSPS) is 10.1. The van der Waals surface area contributed by atoms with Crippen LogP contribution in [0.1, 0.15) is 20.3 Å². The van der Waals surface area contributed by atoms with Crippen LogP contribution in [0.15, 0.2) is 0 Å². The van der Waals surface area contributed by atoms with Crippen LogP contribution >= 0.6 is 0 Å². The number of ketones is 1. The van der Waals surface area contributed by atoms with Crippen molar-refractivity contribution in [3.05, 3.63) is 0 Å². The van der Waals surface area contributed by atoms with E-state index >= 15 is 0 Å². The number of carbonyl (C=O) groups excluding carboxylic acids is 3. The third kappa shape index (κ3) is 7.46. The average Bonchev–Trinajstić information content (AvgIpc) is 2.27. The maximum Gasteiger partial charge on any atom is 0.313 e. The molecule has 17 heavy (non-hydrogen) atoms. The van der Waals surface area contributed by atoms with E-state index in [0.717, 1.165) is 0 Å². The van der Waals surface area contributed by atoms with Crippen molar-refractivity contribution in [1.82, 2.24) is 10.2 Å². The summed E-state index contributed by atoms with van der Waals surface area (Å²) in [5, 5.41) is 2.48. The van der Waals surface area contributed by atoms with Gasteiger partial charge in [-0.1, -0.05) is 6.92 Å². The first-order valence-electron chi connectivity index (χ1n) is 5.63. The lowest BCUT2D eigenvalue weighted by atomic mass is 10.2. The lowest BCUT2D eigenvalue weighted by Gasteiger charge is -2.17. The van der Waals surface area contributed by atoms with E-state index in [1.54, 1.807) is 11.8 Å². The highest BCUT2D eigenvalue weighted by Gasteiger charge is 2.15. The summed E-state index contributed by atoms with van der Waals surface area (Å²) >= 11 is 0. The second-order valence-electron chi connectivity index (χ2n) is 3.50. The summed E-state index contributed by atoms with van der Waals surface area (Å²) in [6.45, 7) is 4.61. The van der Waals surface area contributed by atoms with Crippen molar-refractivity contribution in [1.29, 1.82) is 0 Å². The number of hydrogen-bond donors (Lipinski definition) is 1. The first kappa shape index (κ1) is 15.6. The van der Waals surface area contributed by atoms with Crippen LogP contribution in [0.5, 0.6) is 0 Å². The van der Waals surface area contributed by atoms with Gasteiger partial charge in [0.15, 0.2) is 5.78 Å². The van der Waals surface area contributed by atoms with Crippen LogP contribution in [0.3, 0.4) is 0 Å². The maximum atomic E-state index is 11.5. The van der Waals surface area contributed by atoms with E-state index < -0.39 is 5.97 Å². The molecule has 0 heterocycles. The Morgan fingerprint density at radius 2 is 1.82 bits per heavy atom. The van der Waals surface area contributed by atoms with Crippen LogP contribution in [0.25, 0.3) is 0 Å². The number of likely N-dealkylation sites (N-methyl/N-ethyl adjacent to an activating group) is 2. The zero-order chi connectivity index (χ0) is 13.3. The molecule has 0 aliphatic rings. The summed E-state index contributed by atoms with van der Waals surface area (Å²) < 4.78 is 4.67. The van der Waals surface area contributed by atoms with Crippen molar-refractivity contribution in [3.8, 4) is 0 Å². The van der Waals surface area contributed by atoms with E-state index in [4.69, 9.17) is 0 Å². The second-order valence-corrected chi connectivity index (χ2v) is 3.50. The van der Waals surface area contributed by atoms with Crippen LogP contribution in [0, 0.1) is 0 Å². The smallest absolute Gasteiger partial charge is 0.313 e. The van der Waals surface area contributed by atoms with Gasteiger partial charge >= 0.3 is 5.97 Å². The highest BCUT2D eigenvalue weighted by Crippen LogP contribution is 1.94. The molecule has 0 bridgehead atoms. The molecule has 0 aromatic carbocycles. The number of ether oxygens (including phenoxy) is 1. The Morgan fingerprint density at radius 1 is 1.18 bits per heavy atom. The first-order valence-corrected chi connectivity index (χ1v) is 5.63. The number of Topliss-reactive ketones (excluding diaryl/α,β-unsaturated/α-hetero) is 1. The molecular weight excluding hydrogens is 224 g/mol. The first-order chi connectivity index (χ1) is 8.03. The van der Waals surface area contributed by atoms with Gasteiger partial charge in [0.05, 0.1) is 19.7 Å². The van der Waals surface area contributed by atoms with E-state index in [-0.39, 0.29) is 37.8 Å². The second kappa shape index (κ2) is 8.69. The van der Waals surface area contributed by atoms with Gasteiger partial charge in [-0.3, -0.25) is 19.3 Å². The molecule has 0 aromatic heterocycles. The van der Waals surface area contributed by atoms with E-state index in [9.17, 15) is 14.4 Å². The third-order valence-corrected chi connectivity index (χ3v) is 2.14. The van der Waals surface area contributed by atoms with Gasteiger partial charge in [-0.25, -0.2) is 0 Å². The molecule has 6 heteroatoms. The molecule has 0 aliphatic heterocycles. The topological polar surface area (TPSA) is 75.7 Å². The lowest BCUT2D eigenvalue weighted by Crippen LogP contribution is -2.38. The van der Waals surface area contributed by atoms with Gasteiger partial charge < -0.3 is 10.1 Å². The minimum Gasteiger partial charge on any atom is -0.466 e. The zero-order valence-corrected chi connectivity index (χ0v) is 10.6. The molecule has 1 N–H and O–H groups in total. The fraction of sp³-hybridized carbons (Fsp3) is 0.727. The number of carbonyl (C=O) groups is 3. The van der Waals surface area contributed by atoms with E-state index in [1.165, 1.54) is 7.05 Å². The van der Waals surface area contributed by atoms with Crippen LogP contribution in [0.2, 0.25) is 0 Å². The number of nitrogens with one attached hydrogen (secondary N) is 1. The van der Waals surface area contributed by atoms with Gasteiger partial charge in [-0.2, -0.15) is 0 Å². The van der Waals surface area contributed by atoms with E-state index in [2.05, 4.69) is 10.1 Å². The van der Waals surface area contributed by atoms with E-state index in [1.807, 2.05) is 6.92 Å². The molecule has 0 aliphatic carbocycles. The molecule has 0 fully saturated rings. The Balaban J connectivity index is 4.06. The van der Waals surface area contributed by atoms with Crippen molar-refractivity contribution >= 4 is 17.7 Å². The lowest BCUT2D eigenvalue weighted by molar-refractivity contribution is -0.145. The molecule has 0 unspecified atom stereocenters. The Hall–Kier alpha value is -1.43. The molecule has 0 saturated heterocycles. The number of esters is 1. The van der Waals surface area contributed by atoms with Gasteiger partial charge in [0.25, 0.3) is 0 Å². The van der Waals surface area contributed by atoms with Crippen molar-refractivity contribution in [2.75, 3.05) is 33.3 Å². The fourth-order valence-electron chi connectivity index (χ4n) is 1.24. The summed E-state index contributed by atoms with van der Waals surface area (Å²) in [6.07, 6.45) is -0.238. The summed E-state index contributed by atoms with van der Waals surface area (Å²) in [4.78, 5) is 35.4. The molecule has 0 saturated carbocycles. The molecule has 0 spiro atoms. The fourth-order valence-corrected chi connectivity index (χ4v) is 1.24. The number of rotatable bonds is 8. The highest BCUT2D eigenvalue weighted by molar-refractivity contribution is 5.96. The molecule has 0 radical (unpaired) electrons. The Bertz CT molecular complexity index is 279. The summed E-state index contributed by atoms with van der Waals surface area (Å²) in [7, 11) is 1.54. The van der Waals surface area contributed by atoms with Crippen molar-refractivity contribution < 1.29 is 19.1 Å². The molecule has 1 amide bonds. The Kier molecular flexibility index (Phi) is 7.96. The van der Waals surface area contributed by atoms with E-state index in [0.29, 0.717) is 6.54 Å². The third-order valence-electron chi connectivity index (χ3n) is 2.14. The van der Waals surface area contributed by atoms with Crippen LogP contribution in [-0.4, -0.2) is 55.8 Å². The predicted molar refractivity (Wildman–Crippen MR) is 62.4 cm³/mol. The Labute approximate surface area is 101 Å². The van der Waals surface area contributed by atoms with Gasteiger partial charge in [-0.05, 0) is 13.5 Å². The number of amides is 1. The van der Waals surface area contributed by atoms with Crippen molar-refractivity contribution in [3.63, 3.8) is 0 Å². The summed E-state index contributed by atoms with van der Waals surface area (Å²) in [5.74, 6) is -0.918. The molecule has 0 rings (SSSR count). The zero-order valence-electron chi connectivity index (χ0n) is 10.6. The van der Waals surface area contributed by atoms with Crippen LogP contribution in [-0.2, 0) is 19.1 Å². The van der Waals surface area contributed by atoms with Gasteiger partial charge in [0.2, 0.25) is 5.91 Å². The standard InChI is InChI=1S/C11H20N2O4/c1-4-13(8-10(15)12-3)7-9(14)6-11(16)17-5-2/h4-8H2,1-3H3,(H,12,15). The monoisotopic (exact) mass is 244 g/mol. The molecule has 0 atom stereocenters. The molecule has 98 valence electrons. The maximum absolute atomic E-state index is 11.5. The van der Waals surface area contributed by atoms with Gasteiger partial charge in [-0.15, -0.1) is 0 Å². The predicted octanol–water partition coefficient (Wildman–Crippen LogP) is -0.423. The van der Waals surface area contributed by atoms with Crippen LogP contribution < -0.4 is 5.32 Å². The van der Waals surface area contributed by atoms with Crippen LogP contribution in [0.4, 0.5) is 0 Å². The molecule has 0 aromatic rings. The quantitative estimate of drug-likeness (QED) is 0.463. The van der Waals surface area contributed by atoms with Gasteiger partial charge in [0, 0.05) is 7.05 Å². The van der Waals surface area contributed by atoms with Crippen molar-refractivity contribution in [2.45, 2.75) is 20.3 Å². The Morgan fingerprint density at radius 3 is 2.29 bits per heavy atom. The highest BCUT2D eigenvalue weighted by atomic mass is 16.5. The summed E-state index contributed by atoms with van der Waals surface area (Å²) in [6, 6.07) is 0. The minimum atomic E-state index is -0.520. The average molecular weight is 244 g/mol. The SMILES string of the molecule is CCOC(=O)CC(=O)CN(CC)CC(=O)NC. The molecule has 6 nitrogen and oxygen atoms in total. The summed E-state index contributed by atoms with van der Waals surface area (Å²) in [5.41, 5.74) is 0. The number of hydrogen-bond acceptors (Lipinski definition) is 5. The van der Waals surface area contributed by atoms with Crippen molar-refractivity contribution in [2.24, 2.45) is 0 Å². The van der Waals surface area contributed by atoms with Gasteiger partial charge in [0.1, 0.15) is 6.42 Å². The minimum absolute atomic E-state index is 0.0860. The largest absolute Gasteiger partial charge is 0.466 e. The molecular formula is C11H20N2O4.